The Morgan fingerprint density at radius 2 is 2.11 bits per heavy atom. The molecule has 1 aromatic carbocycles. The van der Waals surface area contributed by atoms with Gasteiger partial charge in [0.1, 0.15) is 18.5 Å². The van der Waals surface area contributed by atoms with Crippen LogP contribution in [0.15, 0.2) is 24.3 Å². The lowest BCUT2D eigenvalue weighted by Crippen LogP contribution is -2.48. The van der Waals surface area contributed by atoms with Crippen molar-refractivity contribution in [2.75, 3.05) is 26.3 Å². The molecular formula is C13H18ClNO3. The third kappa shape index (κ3) is 4.14. The van der Waals surface area contributed by atoms with Crippen LogP contribution in [0.2, 0.25) is 5.02 Å². The Morgan fingerprint density at radius 1 is 1.33 bits per heavy atom. The van der Waals surface area contributed by atoms with Gasteiger partial charge in [-0.05, 0) is 31.2 Å². The number of ether oxygens (including phenoxy) is 3. The average Bonchev–Trinajstić information content (AvgIpc) is 2.39. The van der Waals surface area contributed by atoms with Gasteiger partial charge in [-0.15, -0.1) is 0 Å². The quantitative estimate of drug-likeness (QED) is 0.890. The lowest BCUT2D eigenvalue weighted by Gasteiger charge is -2.30. The molecule has 1 N–H and O–H groups in total. The van der Waals surface area contributed by atoms with Crippen molar-refractivity contribution in [1.82, 2.24) is 5.32 Å². The van der Waals surface area contributed by atoms with E-state index in [1.54, 1.807) is 12.1 Å². The molecule has 5 heteroatoms. The molecule has 1 heterocycles. The number of hydrogen-bond acceptors (Lipinski definition) is 4. The summed E-state index contributed by atoms with van der Waals surface area (Å²) in [6, 6.07) is 7.30. The molecule has 1 saturated heterocycles. The highest BCUT2D eigenvalue weighted by Crippen LogP contribution is 2.16. The highest BCUT2D eigenvalue weighted by molar-refractivity contribution is 6.30. The van der Waals surface area contributed by atoms with E-state index in [2.05, 4.69) is 5.32 Å². The van der Waals surface area contributed by atoms with Crippen molar-refractivity contribution < 1.29 is 14.2 Å². The van der Waals surface area contributed by atoms with Crippen LogP contribution < -0.4 is 10.1 Å². The van der Waals surface area contributed by atoms with E-state index in [1.807, 2.05) is 19.1 Å². The Bertz CT molecular complexity index is 356. The van der Waals surface area contributed by atoms with Crippen LogP contribution in [-0.4, -0.2) is 38.7 Å². The maximum Gasteiger partial charge on any atom is 0.170 e. The summed E-state index contributed by atoms with van der Waals surface area (Å²) in [6.07, 6.45) is -0.173. The monoisotopic (exact) mass is 271 g/mol. The van der Waals surface area contributed by atoms with E-state index >= 15 is 0 Å². The number of nitrogens with one attached hydrogen (secondary N) is 1. The van der Waals surface area contributed by atoms with Crippen LogP contribution in [0.1, 0.15) is 6.92 Å². The van der Waals surface area contributed by atoms with E-state index in [-0.39, 0.29) is 12.4 Å². The molecule has 18 heavy (non-hydrogen) atoms. The summed E-state index contributed by atoms with van der Waals surface area (Å²) in [5.74, 6) is 0.793. The van der Waals surface area contributed by atoms with Crippen LogP contribution in [0.4, 0.5) is 0 Å². The van der Waals surface area contributed by atoms with Crippen LogP contribution in [0, 0.1) is 0 Å². The molecule has 0 aliphatic carbocycles. The third-order valence-electron chi connectivity index (χ3n) is 2.63. The van der Waals surface area contributed by atoms with Crippen LogP contribution in [-0.2, 0) is 9.47 Å². The van der Waals surface area contributed by atoms with Crippen LogP contribution in [0.3, 0.4) is 0 Å². The fourth-order valence-electron chi connectivity index (χ4n) is 1.78. The zero-order valence-corrected chi connectivity index (χ0v) is 11.2. The zero-order chi connectivity index (χ0) is 12.8. The van der Waals surface area contributed by atoms with Gasteiger partial charge in [-0.25, -0.2) is 0 Å². The number of halogens is 1. The summed E-state index contributed by atoms with van der Waals surface area (Å²) in [7, 11) is 0. The Hall–Kier alpha value is -0.810. The lowest BCUT2D eigenvalue weighted by molar-refractivity contribution is -0.187. The molecule has 0 bridgehead atoms. The van der Waals surface area contributed by atoms with Crippen LogP contribution in [0.5, 0.6) is 5.75 Å². The van der Waals surface area contributed by atoms with Crippen molar-refractivity contribution in [3.05, 3.63) is 29.3 Å². The molecule has 2 rings (SSSR count). The third-order valence-corrected chi connectivity index (χ3v) is 2.88. The Balaban J connectivity index is 1.77. The molecule has 100 valence electrons. The van der Waals surface area contributed by atoms with Gasteiger partial charge in [-0.2, -0.15) is 0 Å². The summed E-state index contributed by atoms with van der Waals surface area (Å²) in [5.41, 5.74) is 0. The largest absolute Gasteiger partial charge is 0.491 e. The summed E-state index contributed by atoms with van der Waals surface area (Å²) in [5, 5.41) is 3.97. The molecule has 4 nitrogen and oxygen atoms in total. The summed E-state index contributed by atoms with van der Waals surface area (Å²) in [4.78, 5) is 0. The molecule has 1 aliphatic heterocycles. The molecule has 1 aromatic rings. The van der Waals surface area contributed by atoms with E-state index < -0.39 is 0 Å². The molecule has 0 spiro atoms. The number of hydrogen-bond donors (Lipinski definition) is 1. The minimum Gasteiger partial charge on any atom is -0.491 e. The molecular weight excluding hydrogens is 254 g/mol. The molecule has 0 saturated carbocycles. The second-order valence-electron chi connectivity index (χ2n) is 4.07. The van der Waals surface area contributed by atoms with E-state index in [1.165, 1.54) is 0 Å². The fraction of sp³-hybridized carbons (Fsp3) is 0.538. The van der Waals surface area contributed by atoms with Gasteiger partial charge in [0.2, 0.25) is 0 Å². The predicted octanol–water partition coefficient (Wildman–Crippen LogP) is 2.07. The first-order chi connectivity index (χ1) is 8.78. The maximum absolute atomic E-state index is 5.81. The lowest BCUT2D eigenvalue weighted by atomic mass is 10.3. The molecule has 2 unspecified atom stereocenters. The number of rotatable bonds is 5. The van der Waals surface area contributed by atoms with Crippen LogP contribution >= 0.6 is 11.6 Å². The van der Waals surface area contributed by atoms with Crippen molar-refractivity contribution in [3.8, 4) is 5.75 Å². The Kier molecular flexibility index (Phi) is 5.26. The summed E-state index contributed by atoms with van der Waals surface area (Å²) in [6.45, 7) is 4.61. The highest BCUT2D eigenvalue weighted by atomic mass is 35.5. The summed E-state index contributed by atoms with van der Waals surface area (Å²) < 4.78 is 16.8. The van der Waals surface area contributed by atoms with Gasteiger partial charge < -0.3 is 19.5 Å². The van der Waals surface area contributed by atoms with Crippen molar-refractivity contribution in [3.63, 3.8) is 0 Å². The maximum atomic E-state index is 5.81. The van der Waals surface area contributed by atoms with E-state index in [9.17, 15) is 0 Å². The fourth-order valence-corrected chi connectivity index (χ4v) is 1.90. The van der Waals surface area contributed by atoms with Crippen molar-refractivity contribution in [2.45, 2.75) is 19.3 Å². The number of benzene rings is 1. The van der Waals surface area contributed by atoms with Crippen molar-refractivity contribution in [2.24, 2.45) is 0 Å². The molecule has 0 radical (unpaired) electrons. The van der Waals surface area contributed by atoms with Crippen molar-refractivity contribution >= 4 is 11.6 Å². The first kappa shape index (κ1) is 13.6. The van der Waals surface area contributed by atoms with E-state index in [4.69, 9.17) is 25.8 Å². The topological polar surface area (TPSA) is 39.7 Å². The minimum atomic E-state index is -0.178. The van der Waals surface area contributed by atoms with Gasteiger partial charge in [0.15, 0.2) is 6.29 Å². The average molecular weight is 272 g/mol. The van der Waals surface area contributed by atoms with Gasteiger partial charge in [0.25, 0.3) is 0 Å². The summed E-state index contributed by atoms with van der Waals surface area (Å²) >= 11 is 5.81. The Morgan fingerprint density at radius 3 is 2.83 bits per heavy atom. The second-order valence-corrected chi connectivity index (χ2v) is 4.50. The van der Waals surface area contributed by atoms with Gasteiger partial charge in [-0.1, -0.05) is 11.6 Å². The van der Waals surface area contributed by atoms with Gasteiger partial charge in [-0.3, -0.25) is 0 Å². The first-order valence-electron chi connectivity index (χ1n) is 6.14. The van der Waals surface area contributed by atoms with E-state index in [0.717, 1.165) is 18.8 Å². The van der Waals surface area contributed by atoms with Crippen molar-refractivity contribution in [1.29, 1.82) is 0 Å². The predicted molar refractivity (Wildman–Crippen MR) is 70.1 cm³/mol. The zero-order valence-electron chi connectivity index (χ0n) is 10.4. The molecule has 1 fully saturated rings. The molecule has 2 atom stereocenters. The molecule has 0 amide bonds. The van der Waals surface area contributed by atoms with Gasteiger partial charge in [0.05, 0.1) is 0 Å². The van der Waals surface area contributed by atoms with Gasteiger partial charge in [0, 0.05) is 24.7 Å². The normalized spacial score (nSPS) is 23.9. The van der Waals surface area contributed by atoms with Gasteiger partial charge >= 0.3 is 0 Å². The first-order valence-corrected chi connectivity index (χ1v) is 6.52. The molecule has 1 aliphatic rings. The standard InChI is InChI=1S/C13H18ClNO3/c1-2-16-13-8-15-7-12(18-13)9-17-11-5-3-10(14)4-6-11/h3-6,12-13,15H,2,7-9H2,1H3. The highest BCUT2D eigenvalue weighted by Gasteiger charge is 2.22. The number of morpholine rings is 1. The van der Waals surface area contributed by atoms with Crippen LogP contribution in [0.25, 0.3) is 0 Å². The SMILES string of the molecule is CCOC1CNCC(COc2ccc(Cl)cc2)O1. The van der Waals surface area contributed by atoms with E-state index in [0.29, 0.717) is 18.2 Å². The smallest absolute Gasteiger partial charge is 0.170 e. The second kappa shape index (κ2) is 6.95. The minimum absolute atomic E-state index is 0.00554. The molecule has 0 aromatic heterocycles. The Labute approximate surface area is 112 Å².